The molecule has 0 radical (unpaired) electrons. The van der Waals surface area contributed by atoms with Crippen LogP contribution in [0.15, 0.2) is 29.1 Å². The molecule has 1 amide bonds. The van der Waals surface area contributed by atoms with Gasteiger partial charge in [-0.15, -0.1) is 0 Å². The van der Waals surface area contributed by atoms with Gasteiger partial charge in [0.1, 0.15) is 5.69 Å². The number of benzene rings is 1. The zero-order chi connectivity index (χ0) is 16.4. The van der Waals surface area contributed by atoms with Crippen LogP contribution in [0.5, 0.6) is 0 Å². The summed E-state index contributed by atoms with van der Waals surface area (Å²) in [5.41, 5.74) is 1.70. The maximum absolute atomic E-state index is 12.4. The number of aryl methyl sites for hydroxylation is 1. The van der Waals surface area contributed by atoms with E-state index in [9.17, 15) is 9.59 Å². The summed E-state index contributed by atoms with van der Waals surface area (Å²) in [6, 6.07) is 7.80. The van der Waals surface area contributed by atoms with Gasteiger partial charge in [-0.3, -0.25) is 9.59 Å². The van der Waals surface area contributed by atoms with Crippen LogP contribution in [0, 0.1) is 0 Å². The standard InChI is InChI=1S/C17H22N4O2/c1-12-11-21(10-9-20(12)2)16(22)8-7-15-17(23)19-14-6-4-3-5-13(14)18-15/h3-6,12H,7-11H2,1-2H3,(H,19,23). The van der Waals surface area contributed by atoms with Crippen LogP contribution in [0.1, 0.15) is 19.0 Å². The highest BCUT2D eigenvalue weighted by Crippen LogP contribution is 2.10. The average Bonchev–Trinajstić information content (AvgIpc) is 2.55. The SMILES string of the molecule is CC1CN(C(=O)CCc2nc3ccccc3[nH]c2=O)CCN1C. The van der Waals surface area contributed by atoms with Crippen LogP contribution in [-0.2, 0) is 11.2 Å². The molecule has 1 aliphatic rings. The van der Waals surface area contributed by atoms with Gasteiger partial charge in [0.15, 0.2) is 0 Å². The first kappa shape index (κ1) is 15.7. The van der Waals surface area contributed by atoms with E-state index in [1.807, 2.05) is 29.2 Å². The van der Waals surface area contributed by atoms with E-state index in [0.717, 1.165) is 30.7 Å². The van der Waals surface area contributed by atoms with Crippen molar-refractivity contribution in [3.63, 3.8) is 0 Å². The largest absolute Gasteiger partial charge is 0.340 e. The van der Waals surface area contributed by atoms with Crippen LogP contribution in [-0.4, -0.2) is 58.4 Å². The summed E-state index contributed by atoms with van der Waals surface area (Å²) in [6.07, 6.45) is 0.699. The summed E-state index contributed by atoms with van der Waals surface area (Å²) in [5, 5.41) is 0. The smallest absolute Gasteiger partial charge is 0.270 e. The van der Waals surface area contributed by atoms with Crippen molar-refractivity contribution in [3.05, 3.63) is 40.3 Å². The van der Waals surface area contributed by atoms with Crippen molar-refractivity contribution in [3.8, 4) is 0 Å². The van der Waals surface area contributed by atoms with Gasteiger partial charge in [-0.1, -0.05) is 12.1 Å². The third kappa shape index (κ3) is 3.42. The van der Waals surface area contributed by atoms with E-state index in [-0.39, 0.29) is 11.5 Å². The number of nitrogens with zero attached hydrogens (tertiary/aromatic N) is 3. The van der Waals surface area contributed by atoms with Gasteiger partial charge in [0.05, 0.1) is 11.0 Å². The number of carbonyl (C=O) groups excluding carboxylic acids is 1. The van der Waals surface area contributed by atoms with Gasteiger partial charge in [0, 0.05) is 38.5 Å². The highest BCUT2D eigenvalue weighted by molar-refractivity contribution is 5.77. The van der Waals surface area contributed by atoms with Crippen LogP contribution in [0.2, 0.25) is 0 Å². The van der Waals surface area contributed by atoms with Crippen LogP contribution >= 0.6 is 0 Å². The quantitative estimate of drug-likeness (QED) is 0.918. The fourth-order valence-corrected chi connectivity index (χ4v) is 2.90. The highest BCUT2D eigenvalue weighted by atomic mass is 16.2. The third-order valence-corrected chi connectivity index (χ3v) is 4.56. The molecule has 1 atom stereocenters. The first-order chi connectivity index (χ1) is 11.0. The molecule has 0 aliphatic carbocycles. The monoisotopic (exact) mass is 314 g/mol. The number of H-pyrrole nitrogens is 1. The van der Waals surface area contributed by atoms with Gasteiger partial charge in [0.2, 0.25) is 5.91 Å². The maximum Gasteiger partial charge on any atom is 0.270 e. The Bertz CT molecular complexity index is 771. The molecule has 1 aromatic carbocycles. The van der Waals surface area contributed by atoms with Crippen molar-refractivity contribution in [1.82, 2.24) is 19.8 Å². The fraction of sp³-hybridized carbons (Fsp3) is 0.471. The molecule has 2 aromatic rings. The summed E-state index contributed by atoms with van der Waals surface area (Å²) in [6.45, 7) is 4.51. The summed E-state index contributed by atoms with van der Waals surface area (Å²) in [4.78, 5) is 35.8. The minimum Gasteiger partial charge on any atom is -0.340 e. The number of hydrogen-bond donors (Lipinski definition) is 1. The molecule has 0 saturated carbocycles. The van der Waals surface area contributed by atoms with E-state index >= 15 is 0 Å². The molecule has 23 heavy (non-hydrogen) atoms. The van der Waals surface area contributed by atoms with E-state index in [2.05, 4.69) is 28.8 Å². The van der Waals surface area contributed by atoms with Gasteiger partial charge in [-0.25, -0.2) is 4.98 Å². The maximum atomic E-state index is 12.4. The average molecular weight is 314 g/mol. The number of amides is 1. The molecule has 6 heteroatoms. The Morgan fingerprint density at radius 3 is 2.91 bits per heavy atom. The number of aromatic nitrogens is 2. The normalized spacial score (nSPS) is 19.2. The second kappa shape index (κ2) is 6.50. The molecule has 122 valence electrons. The van der Waals surface area contributed by atoms with Gasteiger partial charge in [-0.2, -0.15) is 0 Å². The molecule has 6 nitrogen and oxygen atoms in total. The lowest BCUT2D eigenvalue weighted by Crippen LogP contribution is -2.52. The number of likely N-dealkylation sites (N-methyl/N-ethyl adjacent to an activating group) is 1. The van der Waals surface area contributed by atoms with Crippen LogP contribution in [0.3, 0.4) is 0 Å². The molecule has 2 heterocycles. The minimum absolute atomic E-state index is 0.0966. The number of carbonyl (C=O) groups is 1. The number of aromatic amines is 1. The van der Waals surface area contributed by atoms with E-state index < -0.39 is 0 Å². The molecular weight excluding hydrogens is 292 g/mol. The molecule has 1 N–H and O–H groups in total. The van der Waals surface area contributed by atoms with Gasteiger partial charge in [0.25, 0.3) is 5.56 Å². The van der Waals surface area contributed by atoms with Crippen LogP contribution in [0.25, 0.3) is 11.0 Å². The summed E-state index contributed by atoms with van der Waals surface area (Å²) >= 11 is 0. The first-order valence-electron chi connectivity index (χ1n) is 8.00. The van der Waals surface area contributed by atoms with Crippen LogP contribution < -0.4 is 5.56 Å². The molecule has 0 spiro atoms. The van der Waals surface area contributed by atoms with Crippen molar-refractivity contribution in [2.24, 2.45) is 0 Å². The second-order valence-electron chi connectivity index (χ2n) is 6.20. The minimum atomic E-state index is -0.205. The van der Waals surface area contributed by atoms with Crippen molar-refractivity contribution in [2.75, 3.05) is 26.7 Å². The number of hydrogen-bond acceptors (Lipinski definition) is 4. The number of para-hydroxylation sites is 2. The Morgan fingerprint density at radius 1 is 1.35 bits per heavy atom. The van der Waals surface area contributed by atoms with Gasteiger partial charge in [-0.05, 0) is 26.1 Å². The lowest BCUT2D eigenvalue weighted by atomic mass is 10.1. The van der Waals surface area contributed by atoms with Crippen LogP contribution in [0.4, 0.5) is 0 Å². The number of nitrogens with one attached hydrogen (secondary N) is 1. The molecule has 1 aromatic heterocycles. The number of fused-ring (bicyclic) bond motifs is 1. The predicted octanol–water partition coefficient (Wildman–Crippen LogP) is 1.02. The van der Waals surface area contributed by atoms with E-state index in [4.69, 9.17) is 0 Å². The van der Waals surface area contributed by atoms with Crippen molar-refractivity contribution < 1.29 is 4.79 Å². The third-order valence-electron chi connectivity index (χ3n) is 4.56. The number of rotatable bonds is 3. The van der Waals surface area contributed by atoms with Crippen molar-refractivity contribution >= 4 is 16.9 Å². The Balaban J connectivity index is 1.67. The van der Waals surface area contributed by atoms with E-state index in [1.54, 1.807) is 0 Å². The zero-order valence-electron chi connectivity index (χ0n) is 13.6. The molecule has 1 unspecified atom stereocenters. The van der Waals surface area contributed by atoms with Crippen molar-refractivity contribution in [2.45, 2.75) is 25.8 Å². The molecular formula is C17H22N4O2. The molecule has 1 saturated heterocycles. The molecule has 1 aliphatic heterocycles. The Morgan fingerprint density at radius 2 is 2.13 bits per heavy atom. The Kier molecular flexibility index (Phi) is 4.43. The van der Waals surface area contributed by atoms with Gasteiger partial charge < -0.3 is 14.8 Å². The van der Waals surface area contributed by atoms with E-state index in [0.29, 0.717) is 24.6 Å². The van der Waals surface area contributed by atoms with E-state index in [1.165, 1.54) is 0 Å². The summed E-state index contributed by atoms with van der Waals surface area (Å²) < 4.78 is 0. The highest BCUT2D eigenvalue weighted by Gasteiger charge is 2.24. The lowest BCUT2D eigenvalue weighted by molar-refractivity contribution is -0.133. The Labute approximate surface area is 135 Å². The molecule has 0 bridgehead atoms. The zero-order valence-corrected chi connectivity index (χ0v) is 13.6. The number of piperazine rings is 1. The van der Waals surface area contributed by atoms with Gasteiger partial charge >= 0.3 is 0 Å². The topological polar surface area (TPSA) is 69.3 Å². The fourth-order valence-electron chi connectivity index (χ4n) is 2.90. The summed E-state index contributed by atoms with van der Waals surface area (Å²) in [5.74, 6) is 0.0966. The molecule has 1 fully saturated rings. The molecule has 3 rings (SSSR count). The lowest BCUT2D eigenvalue weighted by Gasteiger charge is -2.37. The Hall–Kier alpha value is -2.21. The summed E-state index contributed by atoms with van der Waals surface area (Å²) in [7, 11) is 2.07. The first-order valence-corrected chi connectivity index (χ1v) is 8.00. The van der Waals surface area contributed by atoms with Crippen molar-refractivity contribution in [1.29, 1.82) is 0 Å². The predicted molar refractivity (Wildman–Crippen MR) is 89.4 cm³/mol. The second-order valence-corrected chi connectivity index (χ2v) is 6.20.